The fourth-order valence-electron chi connectivity index (χ4n) is 2.95. The monoisotopic (exact) mass is 275 g/mol. The molecule has 1 fully saturated rings. The van der Waals surface area contributed by atoms with E-state index >= 15 is 0 Å². The zero-order valence-corrected chi connectivity index (χ0v) is 13.0. The highest BCUT2D eigenvalue weighted by Gasteiger charge is 2.21. The van der Waals surface area contributed by atoms with Gasteiger partial charge in [0.25, 0.3) is 0 Å². The van der Waals surface area contributed by atoms with Crippen LogP contribution in [0.5, 0.6) is 0 Å². The third kappa shape index (κ3) is 5.22. The highest BCUT2D eigenvalue weighted by atomic mass is 15.2. The first-order valence-corrected chi connectivity index (χ1v) is 8.09. The second-order valence-electron chi connectivity index (χ2n) is 6.34. The van der Waals surface area contributed by atoms with Gasteiger partial charge in [0.05, 0.1) is 0 Å². The van der Waals surface area contributed by atoms with Crippen LogP contribution in [0.15, 0.2) is 24.5 Å². The molecule has 1 aliphatic heterocycles. The molecular formula is C17H29N3. The van der Waals surface area contributed by atoms with Gasteiger partial charge in [0.1, 0.15) is 0 Å². The van der Waals surface area contributed by atoms with Crippen molar-refractivity contribution in [2.45, 2.75) is 45.6 Å². The van der Waals surface area contributed by atoms with Gasteiger partial charge in [-0.1, -0.05) is 20.3 Å². The highest BCUT2D eigenvalue weighted by Crippen LogP contribution is 2.17. The standard InChI is InChI=1S/C17H29N3/c1-15(2)13-19-14-17-5-3-4-11-20(17)12-8-16-6-9-18-10-7-16/h6-7,9-10,15,17,19H,3-5,8,11-14H2,1-2H3. The molecule has 2 heterocycles. The van der Waals surface area contributed by atoms with Crippen LogP contribution in [0.3, 0.4) is 0 Å². The molecule has 3 nitrogen and oxygen atoms in total. The second-order valence-corrected chi connectivity index (χ2v) is 6.34. The Morgan fingerprint density at radius 2 is 2.10 bits per heavy atom. The quantitative estimate of drug-likeness (QED) is 0.829. The van der Waals surface area contributed by atoms with Crippen LogP contribution in [0.1, 0.15) is 38.7 Å². The lowest BCUT2D eigenvalue weighted by atomic mass is 10.0. The average Bonchev–Trinajstić information content (AvgIpc) is 2.47. The van der Waals surface area contributed by atoms with Gasteiger partial charge in [-0.25, -0.2) is 0 Å². The number of aromatic nitrogens is 1. The molecule has 1 unspecified atom stereocenters. The number of pyridine rings is 1. The summed E-state index contributed by atoms with van der Waals surface area (Å²) in [6.07, 6.45) is 9.03. The molecule has 0 radical (unpaired) electrons. The van der Waals surface area contributed by atoms with Crippen LogP contribution >= 0.6 is 0 Å². The predicted molar refractivity (Wildman–Crippen MR) is 84.9 cm³/mol. The normalized spacial score (nSPS) is 20.4. The third-order valence-corrected chi connectivity index (χ3v) is 4.12. The summed E-state index contributed by atoms with van der Waals surface area (Å²) >= 11 is 0. The van der Waals surface area contributed by atoms with E-state index < -0.39 is 0 Å². The van der Waals surface area contributed by atoms with Crippen LogP contribution in [0, 0.1) is 5.92 Å². The van der Waals surface area contributed by atoms with Crippen molar-refractivity contribution in [1.29, 1.82) is 0 Å². The molecule has 1 aliphatic rings. The molecule has 1 aromatic rings. The van der Waals surface area contributed by atoms with Gasteiger partial charge in [-0.15, -0.1) is 0 Å². The van der Waals surface area contributed by atoms with Crippen molar-refractivity contribution in [3.8, 4) is 0 Å². The van der Waals surface area contributed by atoms with Crippen LogP contribution in [0.2, 0.25) is 0 Å². The smallest absolute Gasteiger partial charge is 0.0270 e. The first kappa shape index (κ1) is 15.5. The van der Waals surface area contributed by atoms with Gasteiger partial charge in [0.15, 0.2) is 0 Å². The summed E-state index contributed by atoms with van der Waals surface area (Å²) in [5.41, 5.74) is 1.40. The number of hydrogen-bond donors (Lipinski definition) is 1. The molecular weight excluding hydrogens is 246 g/mol. The third-order valence-electron chi connectivity index (χ3n) is 4.12. The molecule has 112 valence electrons. The minimum absolute atomic E-state index is 0.726. The van der Waals surface area contributed by atoms with E-state index in [1.54, 1.807) is 0 Å². The van der Waals surface area contributed by atoms with E-state index in [-0.39, 0.29) is 0 Å². The lowest BCUT2D eigenvalue weighted by Gasteiger charge is -2.36. The molecule has 1 aromatic heterocycles. The van der Waals surface area contributed by atoms with Gasteiger partial charge in [-0.3, -0.25) is 9.88 Å². The van der Waals surface area contributed by atoms with E-state index in [0.29, 0.717) is 0 Å². The molecule has 0 spiro atoms. The van der Waals surface area contributed by atoms with Crippen molar-refractivity contribution in [3.05, 3.63) is 30.1 Å². The number of likely N-dealkylation sites (tertiary alicyclic amines) is 1. The minimum Gasteiger partial charge on any atom is -0.315 e. The lowest BCUT2D eigenvalue weighted by Crippen LogP contribution is -2.46. The van der Waals surface area contributed by atoms with Gasteiger partial charge in [-0.05, 0) is 56.0 Å². The van der Waals surface area contributed by atoms with Crippen molar-refractivity contribution < 1.29 is 0 Å². The maximum Gasteiger partial charge on any atom is 0.0270 e. The van der Waals surface area contributed by atoms with Gasteiger partial charge >= 0.3 is 0 Å². The van der Waals surface area contributed by atoms with Crippen molar-refractivity contribution >= 4 is 0 Å². The topological polar surface area (TPSA) is 28.2 Å². The Hall–Kier alpha value is -0.930. The van der Waals surface area contributed by atoms with Crippen molar-refractivity contribution in [2.75, 3.05) is 26.2 Å². The van der Waals surface area contributed by atoms with Gasteiger partial charge in [0, 0.05) is 31.5 Å². The highest BCUT2D eigenvalue weighted by molar-refractivity contribution is 5.10. The van der Waals surface area contributed by atoms with Crippen molar-refractivity contribution in [2.24, 2.45) is 5.92 Å². The lowest BCUT2D eigenvalue weighted by molar-refractivity contribution is 0.146. The molecule has 0 bridgehead atoms. The maximum absolute atomic E-state index is 4.09. The van der Waals surface area contributed by atoms with Crippen LogP contribution in [0.25, 0.3) is 0 Å². The fourth-order valence-corrected chi connectivity index (χ4v) is 2.95. The molecule has 3 heteroatoms. The minimum atomic E-state index is 0.726. The molecule has 20 heavy (non-hydrogen) atoms. The van der Waals surface area contributed by atoms with Gasteiger partial charge in [0.2, 0.25) is 0 Å². The van der Waals surface area contributed by atoms with E-state index in [2.05, 4.69) is 41.2 Å². The Balaban J connectivity index is 1.77. The molecule has 0 saturated carbocycles. The second kappa shape index (κ2) is 8.38. The Morgan fingerprint density at radius 1 is 1.30 bits per heavy atom. The SMILES string of the molecule is CC(C)CNCC1CCCCN1CCc1ccncc1. The summed E-state index contributed by atoms with van der Waals surface area (Å²) in [4.78, 5) is 6.77. The zero-order chi connectivity index (χ0) is 14.2. The zero-order valence-electron chi connectivity index (χ0n) is 13.0. The molecule has 0 aliphatic carbocycles. The number of nitrogens with zero attached hydrogens (tertiary/aromatic N) is 2. The van der Waals surface area contributed by atoms with E-state index in [4.69, 9.17) is 0 Å². The van der Waals surface area contributed by atoms with Crippen LogP contribution in [-0.2, 0) is 6.42 Å². The molecule has 0 amide bonds. The summed E-state index contributed by atoms with van der Waals surface area (Å²) in [5.74, 6) is 0.740. The summed E-state index contributed by atoms with van der Waals surface area (Å²) in [5, 5.41) is 3.63. The Kier molecular flexibility index (Phi) is 6.48. The Bertz CT molecular complexity index is 364. The first-order chi connectivity index (χ1) is 9.75. The Morgan fingerprint density at radius 3 is 2.85 bits per heavy atom. The largest absolute Gasteiger partial charge is 0.315 e. The van der Waals surface area contributed by atoms with Gasteiger partial charge < -0.3 is 5.32 Å². The number of piperidine rings is 1. The van der Waals surface area contributed by atoms with Crippen molar-refractivity contribution in [3.63, 3.8) is 0 Å². The molecule has 1 N–H and O–H groups in total. The molecule has 1 atom stereocenters. The van der Waals surface area contributed by atoms with E-state index in [1.807, 2.05) is 12.4 Å². The molecule has 1 saturated heterocycles. The van der Waals surface area contributed by atoms with E-state index in [9.17, 15) is 0 Å². The number of nitrogens with one attached hydrogen (secondary N) is 1. The van der Waals surface area contributed by atoms with Gasteiger partial charge in [-0.2, -0.15) is 0 Å². The first-order valence-electron chi connectivity index (χ1n) is 8.09. The van der Waals surface area contributed by atoms with Crippen LogP contribution < -0.4 is 5.32 Å². The summed E-state index contributed by atoms with van der Waals surface area (Å²) in [6, 6.07) is 5.00. The predicted octanol–water partition coefficient (Wildman–Crippen LogP) is 2.72. The van der Waals surface area contributed by atoms with E-state index in [0.717, 1.165) is 31.5 Å². The number of hydrogen-bond acceptors (Lipinski definition) is 3. The van der Waals surface area contributed by atoms with E-state index in [1.165, 1.54) is 37.9 Å². The molecule has 2 rings (SSSR count). The summed E-state index contributed by atoms with van der Waals surface area (Å²) < 4.78 is 0. The van der Waals surface area contributed by atoms with Crippen LogP contribution in [0.4, 0.5) is 0 Å². The van der Waals surface area contributed by atoms with Crippen LogP contribution in [-0.4, -0.2) is 42.1 Å². The summed E-state index contributed by atoms with van der Waals surface area (Å²) in [6.45, 7) is 9.27. The average molecular weight is 275 g/mol. The number of rotatable bonds is 7. The Labute approximate surface area is 123 Å². The fraction of sp³-hybridized carbons (Fsp3) is 0.706. The summed E-state index contributed by atoms with van der Waals surface area (Å²) in [7, 11) is 0. The molecule has 0 aromatic carbocycles. The maximum atomic E-state index is 4.09. The van der Waals surface area contributed by atoms with Crippen molar-refractivity contribution in [1.82, 2.24) is 15.2 Å².